The van der Waals surface area contributed by atoms with Gasteiger partial charge in [0.15, 0.2) is 11.6 Å². The summed E-state index contributed by atoms with van der Waals surface area (Å²) in [4.78, 5) is 20.0. The van der Waals surface area contributed by atoms with Crippen LogP contribution in [0.3, 0.4) is 0 Å². The molecule has 146 valence electrons. The molecule has 29 heavy (non-hydrogen) atoms. The number of aromatic amines is 1. The third kappa shape index (κ3) is 3.00. The number of aromatic nitrogens is 4. The van der Waals surface area contributed by atoms with Crippen molar-refractivity contribution in [3.8, 4) is 28.5 Å². The molecule has 7 heteroatoms. The summed E-state index contributed by atoms with van der Waals surface area (Å²) in [6, 6.07) is 12.2. The highest BCUT2D eigenvalue weighted by atomic mass is 16.5. The molecule has 0 saturated carbocycles. The normalized spacial score (nSPS) is 13.1. The molecule has 0 aliphatic carbocycles. The Labute approximate surface area is 167 Å². The first kappa shape index (κ1) is 17.6. The summed E-state index contributed by atoms with van der Waals surface area (Å²) in [6.45, 7) is 5.14. The second kappa shape index (κ2) is 6.56. The summed E-state index contributed by atoms with van der Waals surface area (Å²) < 4.78 is 7.33. The minimum Gasteiger partial charge on any atom is -0.422 e. The third-order valence-electron chi connectivity index (χ3n) is 5.23. The molecule has 4 aromatic rings. The molecule has 0 fully saturated rings. The van der Waals surface area contributed by atoms with Gasteiger partial charge in [0.1, 0.15) is 11.4 Å². The van der Waals surface area contributed by atoms with E-state index in [4.69, 9.17) is 9.72 Å². The fourth-order valence-corrected chi connectivity index (χ4v) is 3.82. The maximum atomic E-state index is 11.9. The number of carbonyl (C=O) groups is 1. The summed E-state index contributed by atoms with van der Waals surface area (Å²) >= 11 is 0. The van der Waals surface area contributed by atoms with E-state index in [-0.39, 0.29) is 0 Å². The number of carbonyl (C=O) groups excluding carboxylic acids is 1. The molecule has 2 aromatic heterocycles. The molecule has 2 aromatic carbocycles. The predicted octanol–water partition coefficient (Wildman–Crippen LogP) is 3.47. The SMILES string of the molecule is CC(=O)Oc1c(-c2ccc(C)cc2)nn(C)c1-c1nc2cc3c(cc2[nH]1)CNC3. The van der Waals surface area contributed by atoms with Crippen LogP contribution in [0.5, 0.6) is 5.75 Å². The largest absolute Gasteiger partial charge is 0.422 e. The molecule has 1 aliphatic rings. The number of aryl methyl sites for hydroxylation is 2. The van der Waals surface area contributed by atoms with Crippen LogP contribution in [0.4, 0.5) is 0 Å². The molecule has 2 N–H and O–H groups in total. The Morgan fingerprint density at radius 2 is 1.86 bits per heavy atom. The maximum Gasteiger partial charge on any atom is 0.308 e. The third-order valence-corrected chi connectivity index (χ3v) is 5.23. The summed E-state index contributed by atoms with van der Waals surface area (Å²) in [5.41, 5.74) is 7.67. The van der Waals surface area contributed by atoms with E-state index >= 15 is 0 Å². The van der Waals surface area contributed by atoms with Crippen molar-refractivity contribution in [2.45, 2.75) is 26.9 Å². The first-order valence-corrected chi connectivity index (χ1v) is 9.54. The number of imidazole rings is 1. The van der Waals surface area contributed by atoms with Crippen LogP contribution in [-0.4, -0.2) is 25.7 Å². The highest BCUT2D eigenvalue weighted by molar-refractivity contribution is 5.85. The Morgan fingerprint density at radius 3 is 2.59 bits per heavy atom. The van der Waals surface area contributed by atoms with E-state index in [1.54, 1.807) is 4.68 Å². The van der Waals surface area contributed by atoms with Gasteiger partial charge in [-0.2, -0.15) is 5.10 Å². The number of nitrogens with one attached hydrogen (secondary N) is 2. The number of benzene rings is 2. The van der Waals surface area contributed by atoms with Crippen LogP contribution in [0.2, 0.25) is 0 Å². The number of ether oxygens (including phenoxy) is 1. The maximum absolute atomic E-state index is 11.9. The van der Waals surface area contributed by atoms with E-state index in [1.807, 2.05) is 38.2 Å². The molecule has 0 radical (unpaired) electrons. The second-order valence-electron chi connectivity index (χ2n) is 7.44. The van der Waals surface area contributed by atoms with Gasteiger partial charge in [0, 0.05) is 32.6 Å². The number of rotatable bonds is 3. The summed E-state index contributed by atoms with van der Waals surface area (Å²) in [6.07, 6.45) is 0. The Hall–Kier alpha value is -3.45. The average molecular weight is 387 g/mol. The van der Waals surface area contributed by atoms with Crippen molar-refractivity contribution in [2.24, 2.45) is 7.05 Å². The fourth-order valence-electron chi connectivity index (χ4n) is 3.82. The van der Waals surface area contributed by atoms with E-state index < -0.39 is 5.97 Å². The number of hydrogen-bond acceptors (Lipinski definition) is 5. The minimum atomic E-state index is -0.395. The highest BCUT2D eigenvalue weighted by Gasteiger charge is 2.25. The van der Waals surface area contributed by atoms with Crippen LogP contribution in [0.15, 0.2) is 36.4 Å². The number of hydrogen-bond donors (Lipinski definition) is 2. The van der Waals surface area contributed by atoms with Crippen molar-refractivity contribution in [2.75, 3.05) is 0 Å². The lowest BCUT2D eigenvalue weighted by Crippen LogP contribution is -2.04. The quantitative estimate of drug-likeness (QED) is 0.526. The summed E-state index contributed by atoms with van der Waals surface area (Å²) in [5.74, 6) is 0.645. The van der Waals surface area contributed by atoms with Crippen molar-refractivity contribution in [3.05, 3.63) is 53.1 Å². The van der Waals surface area contributed by atoms with E-state index in [1.165, 1.54) is 18.1 Å². The van der Waals surface area contributed by atoms with Crippen LogP contribution in [0.25, 0.3) is 33.8 Å². The van der Waals surface area contributed by atoms with Crippen molar-refractivity contribution >= 4 is 17.0 Å². The minimum absolute atomic E-state index is 0.395. The first-order valence-electron chi connectivity index (χ1n) is 9.54. The van der Waals surface area contributed by atoms with Gasteiger partial charge in [0.2, 0.25) is 0 Å². The Kier molecular flexibility index (Phi) is 3.99. The lowest BCUT2D eigenvalue weighted by molar-refractivity contribution is -0.131. The van der Waals surface area contributed by atoms with Gasteiger partial charge in [-0.1, -0.05) is 29.8 Å². The van der Waals surface area contributed by atoms with Crippen molar-refractivity contribution in [1.29, 1.82) is 0 Å². The van der Waals surface area contributed by atoms with Gasteiger partial charge < -0.3 is 15.0 Å². The van der Waals surface area contributed by atoms with Gasteiger partial charge in [0.05, 0.1) is 11.0 Å². The van der Waals surface area contributed by atoms with Gasteiger partial charge in [0.25, 0.3) is 0 Å². The number of esters is 1. The standard InChI is InChI=1S/C22H21N5O2/c1-12-4-6-14(7-5-12)19-21(29-13(2)28)20(27(3)26-19)22-24-17-8-15-10-23-11-16(15)9-18(17)25-22/h4-9,23H,10-11H2,1-3H3,(H,24,25). The molecule has 1 aliphatic heterocycles. The molecule has 0 bridgehead atoms. The van der Waals surface area contributed by atoms with Gasteiger partial charge in [-0.3, -0.25) is 9.48 Å². The van der Waals surface area contributed by atoms with E-state index in [9.17, 15) is 4.79 Å². The monoisotopic (exact) mass is 387 g/mol. The van der Waals surface area contributed by atoms with Crippen molar-refractivity contribution in [1.82, 2.24) is 25.1 Å². The molecule has 0 unspecified atom stereocenters. The van der Waals surface area contributed by atoms with Crippen molar-refractivity contribution in [3.63, 3.8) is 0 Å². The van der Waals surface area contributed by atoms with Crippen LogP contribution in [0, 0.1) is 6.92 Å². The van der Waals surface area contributed by atoms with Crippen molar-refractivity contribution < 1.29 is 9.53 Å². The van der Waals surface area contributed by atoms with Crippen LogP contribution >= 0.6 is 0 Å². The Bertz CT molecular complexity index is 1210. The lowest BCUT2D eigenvalue weighted by Gasteiger charge is -2.05. The van der Waals surface area contributed by atoms with E-state index in [0.29, 0.717) is 23.0 Å². The molecule has 0 saturated heterocycles. The predicted molar refractivity (Wildman–Crippen MR) is 110 cm³/mol. The Morgan fingerprint density at radius 1 is 1.14 bits per heavy atom. The number of fused-ring (bicyclic) bond motifs is 2. The van der Waals surface area contributed by atoms with Gasteiger partial charge >= 0.3 is 5.97 Å². The molecule has 0 atom stereocenters. The first-order chi connectivity index (χ1) is 14.0. The fraction of sp³-hybridized carbons (Fsp3) is 0.227. The van der Waals surface area contributed by atoms with E-state index in [0.717, 1.165) is 35.2 Å². The average Bonchev–Trinajstić information content (AvgIpc) is 3.36. The molecule has 5 rings (SSSR count). The molecule has 7 nitrogen and oxygen atoms in total. The zero-order valence-corrected chi connectivity index (χ0v) is 16.5. The Balaban J connectivity index is 1.69. The molecule has 0 spiro atoms. The number of nitrogens with zero attached hydrogens (tertiary/aromatic N) is 3. The van der Waals surface area contributed by atoms with Crippen LogP contribution in [-0.2, 0) is 24.9 Å². The molecular weight excluding hydrogens is 366 g/mol. The number of H-pyrrole nitrogens is 1. The van der Waals surface area contributed by atoms with Crippen LogP contribution in [0.1, 0.15) is 23.6 Å². The van der Waals surface area contributed by atoms with E-state index in [2.05, 4.69) is 27.5 Å². The molecule has 0 amide bonds. The van der Waals surface area contributed by atoms with Gasteiger partial charge in [-0.25, -0.2) is 4.98 Å². The smallest absolute Gasteiger partial charge is 0.308 e. The van der Waals surface area contributed by atoms with Gasteiger partial charge in [-0.15, -0.1) is 0 Å². The highest BCUT2D eigenvalue weighted by Crippen LogP contribution is 2.38. The zero-order valence-electron chi connectivity index (χ0n) is 16.5. The topological polar surface area (TPSA) is 84.8 Å². The lowest BCUT2D eigenvalue weighted by atomic mass is 10.1. The second-order valence-corrected chi connectivity index (χ2v) is 7.44. The molecule has 3 heterocycles. The van der Waals surface area contributed by atoms with Gasteiger partial charge in [-0.05, 0) is 30.2 Å². The molecular formula is C22H21N5O2. The summed E-state index contributed by atoms with van der Waals surface area (Å²) in [5, 5.41) is 7.99. The summed E-state index contributed by atoms with van der Waals surface area (Å²) in [7, 11) is 1.83. The van der Waals surface area contributed by atoms with Crippen LogP contribution < -0.4 is 10.1 Å². The zero-order chi connectivity index (χ0) is 20.1.